The van der Waals surface area contributed by atoms with Crippen molar-refractivity contribution in [2.45, 2.75) is 25.4 Å². The van der Waals surface area contributed by atoms with Crippen molar-refractivity contribution < 1.29 is 4.74 Å². The first-order chi connectivity index (χ1) is 16.6. The molecule has 9 nitrogen and oxygen atoms in total. The van der Waals surface area contributed by atoms with Crippen molar-refractivity contribution in [2.24, 2.45) is 0 Å². The van der Waals surface area contributed by atoms with Gasteiger partial charge >= 0.3 is 0 Å². The van der Waals surface area contributed by atoms with Gasteiger partial charge in [-0.05, 0) is 50.2 Å². The first kappa shape index (κ1) is 21.2. The van der Waals surface area contributed by atoms with Gasteiger partial charge < -0.3 is 19.9 Å². The van der Waals surface area contributed by atoms with Crippen LogP contribution in [0.4, 0.5) is 23.3 Å². The molecule has 3 aliphatic rings. The number of hydrogen-bond acceptors (Lipinski definition) is 9. The molecule has 0 radical (unpaired) electrons. The standard InChI is InChI=1S/C25H30N8O/c1-17-11-19(3-4-23(17)33-16-20-12-21(33)15-31(20)2)29-24-26-6-5-22(30-24)18-13-27-25(28-14-18)32-7-9-34-10-8-32/h3-6,11,13-14,20-21H,7-10,12,15-16H2,1-2H3,(H,26,29,30)/t20-,21-/m0/s1. The van der Waals surface area contributed by atoms with Gasteiger partial charge in [-0.1, -0.05) is 0 Å². The molecular weight excluding hydrogens is 428 g/mol. The van der Waals surface area contributed by atoms with E-state index in [-0.39, 0.29) is 0 Å². The maximum Gasteiger partial charge on any atom is 0.227 e. The van der Waals surface area contributed by atoms with Gasteiger partial charge in [0.2, 0.25) is 11.9 Å². The molecular formula is C25H30N8O. The van der Waals surface area contributed by atoms with E-state index in [4.69, 9.17) is 9.72 Å². The third kappa shape index (κ3) is 4.05. The van der Waals surface area contributed by atoms with Crippen LogP contribution in [0.1, 0.15) is 12.0 Å². The molecule has 3 fully saturated rings. The normalized spacial score (nSPS) is 22.4. The lowest BCUT2D eigenvalue weighted by Crippen LogP contribution is -2.44. The summed E-state index contributed by atoms with van der Waals surface area (Å²) in [5, 5.41) is 3.36. The molecule has 0 spiro atoms. The summed E-state index contributed by atoms with van der Waals surface area (Å²) < 4.78 is 5.41. The van der Waals surface area contributed by atoms with Crippen molar-refractivity contribution in [2.75, 3.05) is 61.6 Å². The van der Waals surface area contributed by atoms with Crippen molar-refractivity contribution in [1.29, 1.82) is 0 Å². The zero-order valence-corrected chi connectivity index (χ0v) is 19.7. The number of morpholine rings is 1. The predicted octanol–water partition coefficient (Wildman–Crippen LogP) is 2.71. The molecule has 176 valence electrons. The first-order valence-electron chi connectivity index (χ1n) is 12.0. The minimum atomic E-state index is 0.559. The zero-order chi connectivity index (χ0) is 23.1. The van der Waals surface area contributed by atoms with E-state index in [1.807, 2.05) is 18.5 Å². The highest BCUT2D eigenvalue weighted by molar-refractivity contribution is 5.66. The first-order valence-corrected chi connectivity index (χ1v) is 12.0. The number of aryl methyl sites for hydroxylation is 1. The summed E-state index contributed by atoms with van der Waals surface area (Å²) in [4.78, 5) is 25.4. The van der Waals surface area contributed by atoms with Crippen LogP contribution < -0.4 is 15.1 Å². The highest BCUT2D eigenvalue weighted by Crippen LogP contribution is 2.36. The third-order valence-corrected chi connectivity index (χ3v) is 7.16. The van der Waals surface area contributed by atoms with Crippen molar-refractivity contribution in [3.8, 4) is 11.3 Å². The van der Waals surface area contributed by atoms with Gasteiger partial charge in [0.1, 0.15) is 0 Å². The molecule has 1 N–H and O–H groups in total. The van der Waals surface area contributed by atoms with Crippen molar-refractivity contribution in [1.82, 2.24) is 24.8 Å². The number of fused-ring (bicyclic) bond motifs is 2. The lowest BCUT2D eigenvalue weighted by molar-refractivity contribution is 0.122. The van der Waals surface area contributed by atoms with Crippen molar-refractivity contribution >= 4 is 23.3 Å². The van der Waals surface area contributed by atoms with Crippen LogP contribution in [0, 0.1) is 6.92 Å². The SMILES string of the molecule is Cc1cc(Nc2nccc(-c3cnc(N4CCOCC4)nc3)n2)ccc1N1C[C@@H]2C[C@H]1CN2C. The highest BCUT2D eigenvalue weighted by atomic mass is 16.5. The summed E-state index contributed by atoms with van der Waals surface area (Å²) in [5.41, 5.74) is 5.24. The van der Waals surface area contributed by atoms with Crippen molar-refractivity contribution in [3.05, 3.63) is 48.4 Å². The highest BCUT2D eigenvalue weighted by Gasteiger charge is 2.41. The number of ether oxygens (including phenoxy) is 1. The predicted molar refractivity (Wildman–Crippen MR) is 133 cm³/mol. The second-order valence-corrected chi connectivity index (χ2v) is 9.40. The number of hydrogen-bond donors (Lipinski definition) is 1. The monoisotopic (exact) mass is 458 g/mol. The van der Waals surface area contributed by atoms with E-state index in [1.165, 1.54) is 17.7 Å². The van der Waals surface area contributed by atoms with Gasteiger partial charge in [0, 0.05) is 73.8 Å². The van der Waals surface area contributed by atoms with E-state index in [0.717, 1.165) is 49.1 Å². The number of piperazine rings is 1. The Morgan fingerprint density at radius 2 is 1.82 bits per heavy atom. The topological polar surface area (TPSA) is 82.5 Å². The minimum absolute atomic E-state index is 0.559. The Balaban J connectivity index is 1.16. The molecule has 5 heterocycles. The Kier molecular flexibility index (Phi) is 5.50. The Morgan fingerprint density at radius 1 is 1.00 bits per heavy atom. The lowest BCUT2D eigenvalue weighted by Gasteiger charge is -2.34. The van der Waals surface area contributed by atoms with E-state index in [9.17, 15) is 0 Å². The zero-order valence-electron chi connectivity index (χ0n) is 19.7. The molecule has 0 aliphatic carbocycles. The summed E-state index contributed by atoms with van der Waals surface area (Å²) in [6.07, 6.45) is 6.68. The average molecular weight is 459 g/mol. The Morgan fingerprint density at radius 3 is 2.53 bits per heavy atom. The van der Waals surface area contributed by atoms with Gasteiger partial charge in [0.05, 0.1) is 18.9 Å². The van der Waals surface area contributed by atoms with Crippen LogP contribution in [0.25, 0.3) is 11.3 Å². The number of nitrogens with one attached hydrogen (secondary N) is 1. The number of likely N-dealkylation sites (N-methyl/N-ethyl adjacent to an activating group) is 1. The summed E-state index contributed by atoms with van der Waals surface area (Å²) >= 11 is 0. The molecule has 0 unspecified atom stereocenters. The molecule has 3 aromatic rings. The summed E-state index contributed by atoms with van der Waals surface area (Å²) in [7, 11) is 2.24. The Bertz CT molecular complexity index is 1160. The van der Waals surface area contributed by atoms with Crippen LogP contribution in [0.3, 0.4) is 0 Å². The number of nitrogens with zero attached hydrogens (tertiary/aromatic N) is 7. The number of anilines is 4. The molecule has 3 saturated heterocycles. The quantitative estimate of drug-likeness (QED) is 0.620. The van der Waals surface area contributed by atoms with Gasteiger partial charge in [0.15, 0.2) is 0 Å². The number of aromatic nitrogens is 4. The molecule has 0 amide bonds. The van der Waals surface area contributed by atoms with E-state index in [1.54, 1.807) is 6.20 Å². The van der Waals surface area contributed by atoms with Gasteiger partial charge in [-0.15, -0.1) is 0 Å². The van der Waals surface area contributed by atoms with Gasteiger partial charge in [0.25, 0.3) is 0 Å². The van der Waals surface area contributed by atoms with E-state index in [0.29, 0.717) is 31.2 Å². The number of rotatable bonds is 5. The fraction of sp³-hybridized carbons (Fsp3) is 0.440. The fourth-order valence-corrected chi connectivity index (χ4v) is 5.31. The molecule has 2 atom stereocenters. The van der Waals surface area contributed by atoms with Crippen LogP contribution in [-0.2, 0) is 4.74 Å². The summed E-state index contributed by atoms with van der Waals surface area (Å²) in [6, 6.07) is 9.72. The smallest absolute Gasteiger partial charge is 0.227 e. The molecule has 9 heteroatoms. The number of likely N-dealkylation sites (tertiary alicyclic amines) is 1. The largest absolute Gasteiger partial charge is 0.378 e. The van der Waals surface area contributed by atoms with Gasteiger partial charge in [-0.3, -0.25) is 4.90 Å². The molecule has 0 saturated carbocycles. The van der Waals surface area contributed by atoms with Crippen LogP contribution in [0.15, 0.2) is 42.9 Å². The van der Waals surface area contributed by atoms with Crippen LogP contribution in [-0.4, -0.2) is 83.4 Å². The van der Waals surface area contributed by atoms with Crippen LogP contribution in [0.5, 0.6) is 0 Å². The van der Waals surface area contributed by atoms with E-state index < -0.39 is 0 Å². The Labute approximate surface area is 199 Å². The maximum absolute atomic E-state index is 5.41. The van der Waals surface area contributed by atoms with E-state index >= 15 is 0 Å². The van der Waals surface area contributed by atoms with Gasteiger partial charge in [-0.2, -0.15) is 0 Å². The molecule has 3 aliphatic heterocycles. The molecule has 34 heavy (non-hydrogen) atoms. The van der Waals surface area contributed by atoms with Crippen LogP contribution >= 0.6 is 0 Å². The molecule has 1 aromatic carbocycles. The maximum atomic E-state index is 5.41. The molecule has 2 bridgehead atoms. The summed E-state index contributed by atoms with van der Waals surface area (Å²) in [6.45, 7) is 7.51. The minimum Gasteiger partial charge on any atom is -0.378 e. The lowest BCUT2D eigenvalue weighted by atomic mass is 10.1. The second kappa shape index (κ2) is 8.81. The Hall–Kier alpha value is -3.30. The molecule has 6 rings (SSSR count). The van der Waals surface area contributed by atoms with E-state index in [2.05, 4.69) is 67.1 Å². The van der Waals surface area contributed by atoms with Crippen LogP contribution in [0.2, 0.25) is 0 Å². The number of benzene rings is 1. The van der Waals surface area contributed by atoms with Crippen molar-refractivity contribution in [3.63, 3.8) is 0 Å². The molecule has 2 aromatic heterocycles. The summed E-state index contributed by atoms with van der Waals surface area (Å²) in [5.74, 6) is 1.29. The average Bonchev–Trinajstić information content (AvgIpc) is 3.45. The van der Waals surface area contributed by atoms with Gasteiger partial charge in [-0.25, -0.2) is 19.9 Å². The fourth-order valence-electron chi connectivity index (χ4n) is 5.31. The second-order valence-electron chi connectivity index (χ2n) is 9.40. The third-order valence-electron chi connectivity index (χ3n) is 7.16.